The van der Waals surface area contributed by atoms with E-state index in [1.165, 1.54) is 11.1 Å². The lowest BCUT2D eigenvalue weighted by atomic mass is 9.88. The van der Waals surface area contributed by atoms with E-state index >= 15 is 0 Å². The van der Waals surface area contributed by atoms with Gasteiger partial charge in [-0.05, 0) is 166 Å². The fraction of sp³-hybridized carbons (Fsp3) is 0.333. The van der Waals surface area contributed by atoms with E-state index in [1.54, 1.807) is 19.1 Å². The Kier molecular flexibility index (Phi) is 15.9. The third-order valence-corrected chi connectivity index (χ3v) is 12.0. The molecule has 9 nitrogen and oxygen atoms in total. The van der Waals surface area contributed by atoms with Gasteiger partial charge in [-0.1, -0.05) is 47.5 Å². The van der Waals surface area contributed by atoms with Gasteiger partial charge >= 0.3 is 5.97 Å². The molecule has 328 valence electrons. The van der Waals surface area contributed by atoms with Gasteiger partial charge < -0.3 is 35.3 Å². The van der Waals surface area contributed by atoms with Crippen LogP contribution < -0.4 is 21.7 Å². The van der Waals surface area contributed by atoms with Crippen molar-refractivity contribution in [2.75, 3.05) is 43.8 Å². The number of piperidine rings is 2. The van der Waals surface area contributed by atoms with Gasteiger partial charge in [0.1, 0.15) is 11.5 Å². The number of esters is 1. The molecule has 12 heteroatoms. The lowest BCUT2D eigenvalue weighted by Crippen LogP contribution is -2.26. The summed E-state index contributed by atoms with van der Waals surface area (Å²) in [7, 11) is 0. The summed E-state index contributed by atoms with van der Waals surface area (Å²) in [5.41, 5.74) is 16.1. The smallest absolute Gasteiger partial charge is 0.374 e. The maximum Gasteiger partial charge on any atom is 0.374 e. The molecular weight excluding hydrogens is 846 g/mol. The Morgan fingerprint density at radius 2 is 1.25 bits per heavy atom. The average Bonchev–Trinajstić information content (AvgIpc) is 3.88. The fourth-order valence-electron chi connectivity index (χ4n) is 8.26. The van der Waals surface area contributed by atoms with Crippen molar-refractivity contribution in [1.29, 1.82) is 0 Å². The second-order valence-electron chi connectivity index (χ2n) is 17.1. The first-order chi connectivity index (χ1) is 30.4. The minimum Gasteiger partial charge on any atom is -0.460 e. The van der Waals surface area contributed by atoms with Crippen LogP contribution in [0.5, 0.6) is 0 Å². The molecule has 9 rings (SSSR count). The molecule has 0 bridgehead atoms. The predicted octanol–water partition coefficient (Wildman–Crippen LogP) is 12.0. The summed E-state index contributed by atoms with van der Waals surface area (Å²) in [6.45, 7) is 6.25. The van der Waals surface area contributed by atoms with Crippen molar-refractivity contribution in [2.45, 2.75) is 74.6 Å². The number of hydrogen-bond acceptors (Lipinski definition) is 8. The number of nitrogen functional groups attached to an aromatic ring is 1. The van der Waals surface area contributed by atoms with Gasteiger partial charge in [0.05, 0.1) is 6.61 Å². The molecule has 3 aliphatic rings. The first kappa shape index (κ1) is 46.2. The minimum absolute atomic E-state index is 0.139. The van der Waals surface area contributed by atoms with Crippen molar-refractivity contribution >= 4 is 60.6 Å². The Morgan fingerprint density at radius 1 is 0.714 bits per heavy atom. The van der Waals surface area contributed by atoms with E-state index in [4.69, 9.17) is 42.5 Å². The number of carbonyl (C=O) groups excluding carboxylic acids is 2. The van der Waals surface area contributed by atoms with Crippen molar-refractivity contribution < 1.29 is 23.2 Å². The quantitative estimate of drug-likeness (QED) is 0.0675. The number of benzene rings is 4. The number of rotatable bonds is 8. The second-order valence-corrected chi connectivity index (χ2v) is 21.5. The maximum absolute atomic E-state index is 12.7. The van der Waals surface area contributed by atoms with Crippen molar-refractivity contribution in [3.8, 4) is 22.6 Å². The van der Waals surface area contributed by atoms with Crippen LogP contribution in [0.25, 0.3) is 22.6 Å². The van der Waals surface area contributed by atoms with Gasteiger partial charge in [-0.3, -0.25) is 4.79 Å². The summed E-state index contributed by atoms with van der Waals surface area (Å²) in [4.78, 5) is 25.3. The fourth-order valence-corrected chi connectivity index (χ4v) is 8.51. The van der Waals surface area contributed by atoms with E-state index < -0.39 is 5.97 Å². The number of anilines is 2. The van der Waals surface area contributed by atoms with Crippen LogP contribution >= 0.6 is 23.2 Å². The zero-order valence-corrected chi connectivity index (χ0v) is 39.3. The number of fused-ring (bicyclic) bond motifs is 2. The van der Waals surface area contributed by atoms with Gasteiger partial charge in [0, 0.05) is 56.5 Å². The Bertz CT molecular complexity index is 2480. The SMILES string of the molecule is CCOC(=O)c1oc(-c2ccc(Cl)cc2)cc1Cc1cc(C2CCNCC2)ccc1N.O=C1Nc2ccc(C3CCNCC3)cc2Cc2cc(-c3ccc(Cl)cc3)oc21.[CH3][Al]([CH3])[CH3]. The molecule has 0 atom stereocenters. The zero-order chi connectivity index (χ0) is 44.5. The van der Waals surface area contributed by atoms with Gasteiger partial charge in [0.2, 0.25) is 5.76 Å². The van der Waals surface area contributed by atoms with E-state index in [2.05, 4.69) is 57.6 Å². The first-order valence-electron chi connectivity index (χ1n) is 22.1. The van der Waals surface area contributed by atoms with Gasteiger partial charge in [0.15, 0.2) is 5.76 Å². The molecule has 63 heavy (non-hydrogen) atoms. The van der Waals surface area contributed by atoms with E-state index in [9.17, 15) is 9.59 Å². The molecule has 0 aliphatic carbocycles. The lowest BCUT2D eigenvalue weighted by Gasteiger charge is -2.24. The summed E-state index contributed by atoms with van der Waals surface area (Å²) in [5.74, 6) is 9.27. The maximum atomic E-state index is 12.7. The molecule has 2 saturated heterocycles. The number of carbonyl (C=O) groups is 2. The Balaban J connectivity index is 0.000000175. The molecule has 0 radical (unpaired) electrons. The largest absolute Gasteiger partial charge is 0.460 e. The van der Waals surface area contributed by atoms with E-state index in [0.29, 0.717) is 57.7 Å². The van der Waals surface area contributed by atoms with Crippen LogP contribution in [0.15, 0.2) is 106 Å². The normalized spacial score (nSPS) is 15.0. The van der Waals surface area contributed by atoms with Crippen LogP contribution in [0, 0.1) is 0 Å². The molecule has 5 N–H and O–H groups in total. The molecule has 3 aliphatic heterocycles. The molecule has 2 fully saturated rings. The highest BCUT2D eigenvalue weighted by Gasteiger charge is 2.27. The Morgan fingerprint density at radius 3 is 1.83 bits per heavy atom. The summed E-state index contributed by atoms with van der Waals surface area (Å²) in [5, 5.41) is 11.2. The van der Waals surface area contributed by atoms with Crippen LogP contribution in [-0.4, -0.2) is 58.8 Å². The summed E-state index contributed by atoms with van der Waals surface area (Å²) in [6, 6.07) is 31.4. The standard InChI is InChI=1S/C25H27ClN2O3.C23H21ClN2O2.3CH3.Al/c1-2-30-25(29)24-20(15-23(31-24)17-3-6-21(26)7-4-17)14-19-13-18(5-8-22(19)27)16-9-11-28-12-10-16;24-19-4-1-15(2-5-19)21-13-18-12-17-11-16(14-7-9-25-10-8-14)3-6-20(17)26-23(27)22(18)28-21;;;;/h3-8,13,15-16,28H,2,9-12,14,27H2,1H3;1-6,11,13-14,25H,7-10,12H2,(H,26,27);3*1H3;. The number of furan rings is 2. The number of nitrogens with one attached hydrogen (secondary N) is 3. The van der Waals surface area contributed by atoms with Crippen LogP contribution in [0.3, 0.4) is 0 Å². The first-order valence-corrected chi connectivity index (χ1v) is 26.4. The highest BCUT2D eigenvalue weighted by atomic mass is 35.5. The average molecular weight is 904 g/mol. The molecule has 4 aromatic carbocycles. The monoisotopic (exact) mass is 902 g/mol. The molecule has 5 heterocycles. The third kappa shape index (κ3) is 12.1. The van der Waals surface area contributed by atoms with Crippen molar-refractivity contribution in [3.05, 3.63) is 152 Å². The van der Waals surface area contributed by atoms with Crippen molar-refractivity contribution in [1.82, 2.24) is 10.6 Å². The van der Waals surface area contributed by atoms with Gasteiger partial charge in [0.25, 0.3) is 20.1 Å². The third-order valence-electron chi connectivity index (χ3n) is 11.5. The van der Waals surface area contributed by atoms with Crippen LogP contribution in [0.4, 0.5) is 11.4 Å². The topological polar surface area (TPSA) is 132 Å². The molecule has 2 aromatic heterocycles. The van der Waals surface area contributed by atoms with Gasteiger partial charge in [-0.25, -0.2) is 4.79 Å². The molecule has 0 saturated carbocycles. The number of nitrogens with two attached hydrogens (primary N) is 1. The van der Waals surface area contributed by atoms with Crippen LogP contribution in [-0.2, 0) is 17.6 Å². The van der Waals surface area contributed by atoms with E-state index in [1.807, 2.05) is 60.7 Å². The molecular formula is C51H57AlCl2N4O5. The number of hydrogen-bond donors (Lipinski definition) is 4. The van der Waals surface area contributed by atoms with E-state index in [-0.39, 0.29) is 32.4 Å². The Labute approximate surface area is 385 Å². The lowest BCUT2D eigenvalue weighted by molar-refractivity contribution is 0.0489. The predicted molar refractivity (Wildman–Crippen MR) is 258 cm³/mol. The number of ether oxygens (including phenoxy) is 1. The van der Waals surface area contributed by atoms with Crippen LogP contribution in [0.1, 0.15) is 98.9 Å². The highest BCUT2D eigenvalue weighted by Crippen LogP contribution is 2.36. The summed E-state index contributed by atoms with van der Waals surface area (Å²) < 4.78 is 17.1. The second kappa shape index (κ2) is 21.7. The molecule has 1 amide bonds. The van der Waals surface area contributed by atoms with Crippen molar-refractivity contribution in [3.63, 3.8) is 0 Å². The van der Waals surface area contributed by atoms with Gasteiger partial charge in [-0.2, -0.15) is 0 Å². The molecule has 0 spiro atoms. The Hall–Kier alpha value is -4.79. The zero-order valence-electron chi connectivity index (χ0n) is 36.6. The van der Waals surface area contributed by atoms with Crippen LogP contribution in [0.2, 0.25) is 27.4 Å². The van der Waals surface area contributed by atoms with E-state index in [0.717, 1.165) is 90.9 Å². The number of amides is 1. The van der Waals surface area contributed by atoms with Gasteiger partial charge in [-0.15, -0.1) is 17.4 Å². The molecule has 6 aromatic rings. The summed E-state index contributed by atoms with van der Waals surface area (Å²) in [6.07, 6.45) is 5.72. The van der Waals surface area contributed by atoms with Crippen molar-refractivity contribution in [2.24, 2.45) is 0 Å². The number of halogens is 2. The highest BCUT2D eigenvalue weighted by molar-refractivity contribution is 6.54. The minimum atomic E-state index is -0.467. The summed E-state index contributed by atoms with van der Waals surface area (Å²) >= 11 is 11.9. The molecule has 0 unspecified atom stereocenters.